The average Bonchev–Trinajstić information content (AvgIpc) is 3.47. The van der Waals surface area contributed by atoms with Crippen LogP contribution in [-0.4, -0.2) is 53.9 Å². The Balaban J connectivity index is 1.10. The third kappa shape index (κ3) is 3.71. The van der Waals surface area contributed by atoms with Crippen LogP contribution in [0.1, 0.15) is 81.8 Å². The van der Waals surface area contributed by atoms with Crippen LogP contribution in [0.4, 0.5) is 4.79 Å². The molecule has 0 radical (unpaired) electrons. The molecule has 178 valence electrons. The highest BCUT2D eigenvalue weighted by atomic mass is 16.6. The van der Waals surface area contributed by atoms with Gasteiger partial charge in [0.2, 0.25) is 0 Å². The third-order valence-electron chi connectivity index (χ3n) is 9.99. The summed E-state index contributed by atoms with van der Waals surface area (Å²) in [5.74, 6) is 2.94. The molecular formula is C28H38N2O3. The van der Waals surface area contributed by atoms with E-state index < -0.39 is 0 Å². The molecule has 5 nitrogen and oxygen atoms in total. The van der Waals surface area contributed by atoms with Gasteiger partial charge in [-0.25, -0.2) is 4.79 Å². The van der Waals surface area contributed by atoms with E-state index >= 15 is 0 Å². The van der Waals surface area contributed by atoms with Gasteiger partial charge < -0.3 is 14.5 Å². The van der Waals surface area contributed by atoms with E-state index in [-0.39, 0.29) is 11.5 Å². The van der Waals surface area contributed by atoms with Crippen molar-refractivity contribution in [1.29, 1.82) is 0 Å². The molecule has 2 heterocycles. The van der Waals surface area contributed by atoms with Crippen LogP contribution in [0.25, 0.3) is 0 Å². The molecule has 1 amide bonds. The van der Waals surface area contributed by atoms with E-state index in [2.05, 4.69) is 24.0 Å². The number of likely N-dealkylation sites (tertiary alicyclic amines) is 2. The first-order valence-corrected chi connectivity index (χ1v) is 13.4. The number of benzene rings is 1. The molecule has 0 N–H and O–H groups in total. The predicted molar refractivity (Wildman–Crippen MR) is 127 cm³/mol. The summed E-state index contributed by atoms with van der Waals surface area (Å²) < 4.78 is 5.84. The number of ether oxygens (including phenoxy) is 1. The third-order valence-corrected chi connectivity index (χ3v) is 9.99. The molecule has 3 aliphatic carbocycles. The number of ketones is 1. The Hall–Kier alpha value is -1.88. The van der Waals surface area contributed by atoms with Crippen molar-refractivity contribution < 1.29 is 14.3 Å². The fourth-order valence-electron chi connectivity index (χ4n) is 8.08. The summed E-state index contributed by atoms with van der Waals surface area (Å²) in [5.41, 5.74) is 2.72. The summed E-state index contributed by atoms with van der Waals surface area (Å²) >= 11 is 0. The van der Waals surface area contributed by atoms with E-state index in [4.69, 9.17) is 4.74 Å². The summed E-state index contributed by atoms with van der Waals surface area (Å²) in [4.78, 5) is 29.9. The molecule has 0 aromatic heterocycles. The van der Waals surface area contributed by atoms with Crippen molar-refractivity contribution in [2.45, 2.75) is 83.1 Å². The highest BCUT2D eigenvalue weighted by Crippen LogP contribution is 2.59. The maximum atomic E-state index is 12.8. The summed E-state index contributed by atoms with van der Waals surface area (Å²) in [6.45, 7) is 6.28. The standard InChI is InChI=1S/C28H38N2O3/c1-28-13-10-23-22-7-5-21(18-19(22)4-6-24(23)25(28)8-9-26(28)31)33-27(32)30-16-11-20(12-17-30)29-14-2-3-15-29/h5,7,18,20,23-25H,2-4,6,8-17H2,1H3. The lowest BCUT2D eigenvalue weighted by Crippen LogP contribution is -2.46. The van der Waals surface area contributed by atoms with Crippen molar-refractivity contribution in [1.82, 2.24) is 9.80 Å². The molecule has 5 aliphatic rings. The molecule has 4 fully saturated rings. The number of amides is 1. The fourth-order valence-corrected chi connectivity index (χ4v) is 8.08. The number of rotatable bonds is 2. The quantitative estimate of drug-likeness (QED) is 0.624. The van der Waals surface area contributed by atoms with Crippen molar-refractivity contribution >= 4 is 11.9 Å². The van der Waals surface area contributed by atoms with Gasteiger partial charge >= 0.3 is 6.09 Å². The van der Waals surface area contributed by atoms with Gasteiger partial charge in [-0.3, -0.25) is 4.79 Å². The first-order chi connectivity index (χ1) is 16.0. The second kappa shape index (κ2) is 8.41. The van der Waals surface area contributed by atoms with Gasteiger partial charge in [-0.1, -0.05) is 13.0 Å². The van der Waals surface area contributed by atoms with Gasteiger partial charge in [0.25, 0.3) is 0 Å². The highest BCUT2D eigenvalue weighted by Gasteiger charge is 2.54. The largest absolute Gasteiger partial charge is 0.415 e. The zero-order valence-electron chi connectivity index (χ0n) is 20.1. The molecule has 2 saturated heterocycles. The Bertz CT molecular complexity index is 931. The lowest BCUT2D eigenvalue weighted by atomic mass is 9.55. The van der Waals surface area contributed by atoms with Crippen molar-refractivity contribution in [3.8, 4) is 5.75 Å². The molecule has 4 unspecified atom stereocenters. The Morgan fingerprint density at radius 2 is 1.79 bits per heavy atom. The Morgan fingerprint density at radius 3 is 2.58 bits per heavy atom. The zero-order valence-corrected chi connectivity index (χ0v) is 20.1. The minimum atomic E-state index is -0.193. The summed E-state index contributed by atoms with van der Waals surface area (Å²) in [6.07, 6.45) is 10.8. The second-order valence-electron chi connectivity index (χ2n) is 11.5. The lowest BCUT2D eigenvalue weighted by Gasteiger charge is -2.48. The first-order valence-electron chi connectivity index (χ1n) is 13.4. The summed E-state index contributed by atoms with van der Waals surface area (Å²) in [7, 11) is 0. The molecule has 33 heavy (non-hydrogen) atoms. The Kier molecular flexibility index (Phi) is 5.51. The van der Waals surface area contributed by atoms with Gasteiger partial charge in [0.15, 0.2) is 0 Å². The number of aryl methyl sites for hydroxylation is 1. The van der Waals surface area contributed by atoms with E-state index in [1.54, 1.807) is 0 Å². The first kappa shape index (κ1) is 21.6. The van der Waals surface area contributed by atoms with E-state index in [0.717, 1.165) is 64.5 Å². The maximum Gasteiger partial charge on any atom is 0.415 e. The van der Waals surface area contributed by atoms with Crippen LogP contribution in [-0.2, 0) is 11.2 Å². The normalized spacial score (nSPS) is 34.6. The van der Waals surface area contributed by atoms with Gasteiger partial charge in [-0.05, 0) is 112 Å². The summed E-state index contributed by atoms with van der Waals surface area (Å²) in [5, 5.41) is 0. The van der Waals surface area contributed by atoms with Crippen LogP contribution in [0, 0.1) is 17.3 Å². The van der Waals surface area contributed by atoms with Crippen molar-refractivity contribution in [3.05, 3.63) is 29.3 Å². The Morgan fingerprint density at radius 1 is 1.00 bits per heavy atom. The van der Waals surface area contributed by atoms with Crippen molar-refractivity contribution in [3.63, 3.8) is 0 Å². The van der Waals surface area contributed by atoms with Crippen molar-refractivity contribution in [2.75, 3.05) is 26.2 Å². The monoisotopic (exact) mass is 450 g/mol. The molecule has 4 atom stereocenters. The number of hydrogen-bond donors (Lipinski definition) is 0. The number of hydrogen-bond acceptors (Lipinski definition) is 4. The predicted octanol–water partition coefficient (Wildman–Crippen LogP) is 5.17. The molecule has 5 heteroatoms. The number of fused-ring (bicyclic) bond motifs is 5. The number of carbonyl (C=O) groups is 2. The molecule has 0 bridgehead atoms. The summed E-state index contributed by atoms with van der Waals surface area (Å²) in [6, 6.07) is 6.98. The van der Waals surface area contributed by atoms with Gasteiger partial charge in [-0.15, -0.1) is 0 Å². The zero-order chi connectivity index (χ0) is 22.6. The van der Waals surface area contributed by atoms with Crippen LogP contribution in [0.3, 0.4) is 0 Å². The number of nitrogens with zero attached hydrogens (tertiary/aromatic N) is 2. The Labute approximate surface area is 197 Å². The van der Waals surface area contributed by atoms with E-state index in [0.29, 0.717) is 35.3 Å². The van der Waals surface area contributed by atoms with Crippen LogP contribution < -0.4 is 4.74 Å². The topological polar surface area (TPSA) is 49.9 Å². The fraction of sp³-hybridized carbons (Fsp3) is 0.714. The van der Waals surface area contributed by atoms with Gasteiger partial charge in [0, 0.05) is 31.0 Å². The van der Waals surface area contributed by atoms with E-state index in [1.165, 1.54) is 37.1 Å². The number of Topliss-reactive ketones (excluding diaryl/α,β-unsaturated/α-hetero) is 1. The molecule has 1 aromatic rings. The van der Waals surface area contributed by atoms with E-state index in [9.17, 15) is 9.59 Å². The van der Waals surface area contributed by atoms with Gasteiger partial charge in [0.05, 0.1) is 0 Å². The highest BCUT2D eigenvalue weighted by molar-refractivity contribution is 5.87. The van der Waals surface area contributed by atoms with Crippen molar-refractivity contribution in [2.24, 2.45) is 17.3 Å². The molecule has 0 spiro atoms. The molecule has 6 rings (SSSR count). The molecule has 2 saturated carbocycles. The number of piperidine rings is 1. The minimum absolute atomic E-state index is 0.0730. The number of carbonyl (C=O) groups excluding carboxylic acids is 2. The molecule has 2 aliphatic heterocycles. The average molecular weight is 451 g/mol. The van der Waals surface area contributed by atoms with Crippen LogP contribution in [0.5, 0.6) is 5.75 Å². The smallest absolute Gasteiger partial charge is 0.410 e. The molecular weight excluding hydrogens is 412 g/mol. The lowest BCUT2D eigenvalue weighted by molar-refractivity contribution is -0.129. The second-order valence-corrected chi connectivity index (χ2v) is 11.5. The van der Waals surface area contributed by atoms with Crippen LogP contribution in [0.2, 0.25) is 0 Å². The van der Waals surface area contributed by atoms with Crippen LogP contribution in [0.15, 0.2) is 18.2 Å². The molecule has 1 aromatic carbocycles. The van der Waals surface area contributed by atoms with Gasteiger partial charge in [0.1, 0.15) is 11.5 Å². The maximum absolute atomic E-state index is 12.8. The van der Waals surface area contributed by atoms with Crippen LogP contribution >= 0.6 is 0 Å². The van der Waals surface area contributed by atoms with E-state index in [1.807, 2.05) is 11.0 Å². The SMILES string of the molecule is CC12CCC3c4ccc(OC(=O)N5CCC(N6CCCC6)CC5)cc4CCC3C1CCC2=O. The van der Waals surface area contributed by atoms with Gasteiger partial charge in [-0.2, -0.15) is 0 Å². The minimum Gasteiger partial charge on any atom is -0.410 e.